The Hall–Kier alpha value is -2.48. The number of nitrogens with two attached hydrogens (primary N) is 1. The predicted octanol–water partition coefficient (Wildman–Crippen LogP) is 0.574. The third kappa shape index (κ3) is 4.32. The lowest BCUT2D eigenvalue weighted by Gasteiger charge is -2.16. The van der Waals surface area contributed by atoms with Gasteiger partial charge in [-0.3, -0.25) is 19.7 Å². The Morgan fingerprint density at radius 3 is 2.70 bits per heavy atom. The number of aliphatic carboxylic acids is 1. The maximum Gasteiger partial charge on any atom is 0.305 e. The standard InChI is InChI=1S/C12H15N3O5/c1-7(14-12(18)10(13)6-11(16)17)8-3-2-4-9(5-8)15(19)20/h2-5,7,10H,6,13H2,1H3,(H,14,18)(H,16,17). The van der Waals surface area contributed by atoms with Crippen molar-refractivity contribution in [2.45, 2.75) is 25.4 Å². The highest BCUT2D eigenvalue weighted by atomic mass is 16.6. The van der Waals surface area contributed by atoms with Gasteiger partial charge in [-0.25, -0.2) is 0 Å². The van der Waals surface area contributed by atoms with Crippen LogP contribution in [0.25, 0.3) is 0 Å². The largest absolute Gasteiger partial charge is 0.481 e. The molecule has 1 aromatic rings. The van der Waals surface area contributed by atoms with E-state index >= 15 is 0 Å². The molecule has 20 heavy (non-hydrogen) atoms. The fourth-order valence-corrected chi connectivity index (χ4v) is 1.59. The van der Waals surface area contributed by atoms with E-state index in [0.717, 1.165) is 0 Å². The number of nitrogens with zero attached hydrogens (tertiary/aromatic N) is 1. The van der Waals surface area contributed by atoms with E-state index in [-0.39, 0.29) is 5.69 Å². The van der Waals surface area contributed by atoms with Crippen molar-refractivity contribution < 1.29 is 19.6 Å². The Morgan fingerprint density at radius 2 is 2.15 bits per heavy atom. The van der Waals surface area contributed by atoms with Crippen molar-refractivity contribution in [3.05, 3.63) is 39.9 Å². The maximum atomic E-state index is 11.6. The summed E-state index contributed by atoms with van der Waals surface area (Å²) in [5, 5.41) is 21.7. The monoisotopic (exact) mass is 281 g/mol. The molecule has 0 aromatic heterocycles. The van der Waals surface area contributed by atoms with Crippen LogP contribution >= 0.6 is 0 Å². The zero-order chi connectivity index (χ0) is 15.3. The molecule has 4 N–H and O–H groups in total. The summed E-state index contributed by atoms with van der Waals surface area (Å²) in [7, 11) is 0. The minimum Gasteiger partial charge on any atom is -0.481 e. The first-order chi connectivity index (χ1) is 9.31. The first kappa shape index (κ1) is 15.6. The number of amides is 1. The van der Waals surface area contributed by atoms with Gasteiger partial charge in [0.15, 0.2) is 0 Å². The molecule has 0 fully saturated rings. The van der Waals surface area contributed by atoms with Crippen molar-refractivity contribution >= 4 is 17.6 Å². The summed E-state index contributed by atoms with van der Waals surface area (Å²) >= 11 is 0. The molecule has 0 aliphatic heterocycles. The van der Waals surface area contributed by atoms with Crippen LogP contribution in [0, 0.1) is 10.1 Å². The average Bonchev–Trinajstić information content (AvgIpc) is 2.37. The van der Waals surface area contributed by atoms with Gasteiger partial charge in [-0.05, 0) is 12.5 Å². The SMILES string of the molecule is CC(NC(=O)C(N)CC(=O)O)c1cccc([N+](=O)[O-])c1. The lowest BCUT2D eigenvalue weighted by molar-refractivity contribution is -0.384. The first-order valence-corrected chi connectivity index (χ1v) is 5.83. The molecule has 0 saturated carbocycles. The molecule has 2 atom stereocenters. The number of benzene rings is 1. The molecule has 2 unspecified atom stereocenters. The summed E-state index contributed by atoms with van der Waals surface area (Å²) in [5.41, 5.74) is 5.87. The van der Waals surface area contributed by atoms with Gasteiger partial charge in [0.05, 0.1) is 23.4 Å². The smallest absolute Gasteiger partial charge is 0.305 e. The zero-order valence-electron chi connectivity index (χ0n) is 10.8. The van der Waals surface area contributed by atoms with Crippen molar-refractivity contribution in [2.75, 3.05) is 0 Å². The van der Waals surface area contributed by atoms with Crippen LogP contribution in [0.2, 0.25) is 0 Å². The second kappa shape index (κ2) is 6.62. The van der Waals surface area contributed by atoms with Crippen LogP contribution in [0.4, 0.5) is 5.69 Å². The number of non-ortho nitro benzene ring substituents is 1. The van der Waals surface area contributed by atoms with Gasteiger partial charge in [-0.15, -0.1) is 0 Å². The molecular weight excluding hydrogens is 266 g/mol. The van der Waals surface area contributed by atoms with Gasteiger partial charge < -0.3 is 16.2 Å². The topological polar surface area (TPSA) is 136 Å². The minimum absolute atomic E-state index is 0.0848. The lowest BCUT2D eigenvalue weighted by atomic mass is 10.1. The zero-order valence-corrected chi connectivity index (χ0v) is 10.8. The second-order valence-corrected chi connectivity index (χ2v) is 4.29. The molecular formula is C12H15N3O5. The van der Waals surface area contributed by atoms with Gasteiger partial charge in [-0.1, -0.05) is 12.1 Å². The fourth-order valence-electron chi connectivity index (χ4n) is 1.59. The summed E-state index contributed by atoms with van der Waals surface area (Å²) in [4.78, 5) is 32.2. The van der Waals surface area contributed by atoms with Gasteiger partial charge in [-0.2, -0.15) is 0 Å². The van der Waals surface area contributed by atoms with Crippen molar-refractivity contribution in [2.24, 2.45) is 5.73 Å². The summed E-state index contributed by atoms with van der Waals surface area (Å²) in [6.07, 6.45) is -0.479. The molecule has 0 aliphatic rings. The van der Waals surface area contributed by atoms with Gasteiger partial charge in [0.25, 0.3) is 5.69 Å². The molecule has 1 amide bonds. The van der Waals surface area contributed by atoms with Gasteiger partial charge in [0.1, 0.15) is 0 Å². The number of rotatable bonds is 6. The van der Waals surface area contributed by atoms with Crippen LogP contribution in [-0.2, 0) is 9.59 Å². The van der Waals surface area contributed by atoms with E-state index in [2.05, 4.69) is 5.32 Å². The molecule has 8 heteroatoms. The third-order valence-corrected chi connectivity index (χ3v) is 2.67. The molecule has 1 aromatic carbocycles. The van der Waals surface area contributed by atoms with Crippen molar-refractivity contribution in [1.29, 1.82) is 0 Å². The molecule has 0 radical (unpaired) electrons. The Kier molecular flexibility index (Phi) is 5.15. The maximum absolute atomic E-state index is 11.6. The van der Waals surface area contributed by atoms with E-state index in [9.17, 15) is 19.7 Å². The normalized spacial score (nSPS) is 13.3. The highest BCUT2D eigenvalue weighted by Gasteiger charge is 2.20. The highest BCUT2D eigenvalue weighted by molar-refractivity contribution is 5.86. The number of carbonyl (C=O) groups is 2. The van der Waals surface area contributed by atoms with E-state index in [1.807, 2.05) is 0 Å². The molecule has 108 valence electrons. The molecule has 0 aliphatic carbocycles. The molecule has 0 spiro atoms. The van der Waals surface area contributed by atoms with Gasteiger partial charge >= 0.3 is 5.97 Å². The average molecular weight is 281 g/mol. The van der Waals surface area contributed by atoms with Crippen LogP contribution in [0.5, 0.6) is 0 Å². The summed E-state index contributed by atoms with van der Waals surface area (Å²) in [6, 6.07) is 4.14. The quantitative estimate of drug-likeness (QED) is 0.515. The van der Waals surface area contributed by atoms with E-state index in [4.69, 9.17) is 10.8 Å². The number of carboxylic acids is 1. The lowest BCUT2D eigenvalue weighted by Crippen LogP contribution is -2.42. The number of hydrogen-bond acceptors (Lipinski definition) is 5. The highest BCUT2D eigenvalue weighted by Crippen LogP contribution is 2.18. The predicted molar refractivity (Wildman–Crippen MR) is 69.9 cm³/mol. The summed E-state index contributed by atoms with van der Waals surface area (Å²) in [6.45, 7) is 1.63. The number of hydrogen-bond donors (Lipinski definition) is 3. The third-order valence-electron chi connectivity index (χ3n) is 2.67. The van der Waals surface area contributed by atoms with E-state index in [1.54, 1.807) is 13.0 Å². The van der Waals surface area contributed by atoms with Crippen molar-refractivity contribution in [3.8, 4) is 0 Å². The Bertz CT molecular complexity index is 532. The van der Waals surface area contributed by atoms with Crippen molar-refractivity contribution in [3.63, 3.8) is 0 Å². The molecule has 0 bridgehead atoms. The number of carboxylic acid groups (broad SMARTS) is 1. The number of carbonyl (C=O) groups excluding carboxylic acids is 1. The molecule has 1 rings (SSSR count). The Labute approximate surface area is 114 Å². The van der Waals surface area contributed by atoms with E-state index in [1.165, 1.54) is 18.2 Å². The minimum atomic E-state index is -1.17. The van der Waals surface area contributed by atoms with E-state index < -0.39 is 35.3 Å². The number of nitro groups is 1. The molecule has 0 heterocycles. The van der Waals surface area contributed by atoms with Crippen LogP contribution in [-0.4, -0.2) is 27.9 Å². The van der Waals surface area contributed by atoms with Crippen LogP contribution in [0.15, 0.2) is 24.3 Å². The second-order valence-electron chi connectivity index (χ2n) is 4.29. The van der Waals surface area contributed by atoms with Crippen molar-refractivity contribution in [1.82, 2.24) is 5.32 Å². The van der Waals surface area contributed by atoms with Gasteiger partial charge in [0.2, 0.25) is 5.91 Å². The molecule has 0 saturated heterocycles. The first-order valence-electron chi connectivity index (χ1n) is 5.83. The van der Waals surface area contributed by atoms with Crippen LogP contribution in [0.1, 0.15) is 24.9 Å². The Balaban J connectivity index is 2.73. The van der Waals surface area contributed by atoms with Crippen LogP contribution < -0.4 is 11.1 Å². The summed E-state index contributed by atoms with van der Waals surface area (Å²) in [5.74, 6) is -1.79. The van der Waals surface area contributed by atoms with Crippen LogP contribution in [0.3, 0.4) is 0 Å². The molecule has 8 nitrogen and oxygen atoms in total. The fraction of sp³-hybridized carbons (Fsp3) is 0.333. The van der Waals surface area contributed by atoms with E-state index in [0.29, 0.717) is 5.56 Å². The summed E-state index contributed by atoms with van der Waals surface area (Å²) < 4.78 is 0. The van der Waals surface area contributed by atoms with Gasteiger partial charge in [0, 0.05) is 12.1 Å². The Morgan fingerprint density at radius 1 is 1.50 bits per heavy atom. The number of nitro benzene ring substituents is 1. The number of nitrogens with one attached hydrogen (secondary N) is 1.